The van der Waals surface area contributed by atoms with Crippen LogP contribution in [-0.2, 0) is 6.42 Å². The second kappa shape index (κ2) is 7.18. The number of aliphatic imine (C=N–C) groups is 1. The molecule has 30 heavy (non-hydrogen) atoms. The molecule has 0 radical (unpaired) electrons. The van der Waals surface area contributed by atoms with Crippen LogP contribution in [0, 0.1) is 11.3 Å². The van der Waals surface area contributed by atoms with Gasteiger partial charge in [0.05, 0.1) is 23.0 Å². The van der Waals surface area contributed by atoms with Crippen molar-refractivity contribution in [2.45, 2.75) is 6.42 Å². The Bertz CT molecular complexity index is 1310. The van der Waals surface area contributed by atoms with Gasteiger partial charge in [0.1, 0.15) is 6.54 Å². The summed E-state index contributed by atoms with van der Waals surface area (Å²) in [5.74, 6) is 0.0131. The number of benzene rings is 2. The summed E-state index contributed by atoms with van der Waals surface area (Å²) in [5, 5.41) is 9.50. The van der Waals surface area contributed by atoms with Crippen LogP contribution in [0.1, 0.15) is 38.3 Å². The Morgan fingerprint density at radius 2 is 1.83 bits per heavy atom. The summed E-state index contributed by atoms with van der Waals surface area (Å²) in [7, 11) is 0. The molecule has 0 unspecified atom stereocenters. The minimum absolute atomic E-state index is 0.0131. The van der Waals surface area contributed by atoms with E-state index < -0.39 is 0 Å². The molecule has 5 rings (SSSR count). The first-order valence-corrected chi connectivity index (χ1v) is 9.80. The monoisotopic (exact) mass is 390 g/mol. The van der Waals surface area contributed by atoms with Crippen molar-refractivity contribution in [3.05, 3.63) is 94.3 Å². The summed E-state index contributed by atoms with van der Waals surface area (Å²) in [6.45, 7) is 0.454. The fourth-order valence-electron chi connectivity index (χ4n) is 4.14. The van der Waals surface area contributed by atoms with Crippen molar-refractivity contribution in [2.75, 3.05) is 13.1 Å². The van der Waals surface area contributed by atoms with Crippen molar-refractivity contribution in [1.82, 2.24) is 4.98 Å². The summed E-state index contributed by atoms with van der Waals surface area (Å²) in [6.07, 6.45) is 4.73. The van der Waals surface area contributed by atoms with E-state index in [-0.39, 0.29) is 12.3 Å². The summed E-state index contributed by atoms with van der Waals surface area (Å²) in [4.78, 5) is 21.2. The van der Waals surface area contributed by atoms with Gasteiger partial charge in [-0.05, 0) is 34.9 Å². The second-order valence-electron chi connectivity index (χ2n) is 7.35. The van der Waals surface area contributed by atoms with Gasteiger partial charge in [0.15, 0.2) is 5.78 Å². The molecule has 2 heterocycles. The normalized spacial score (nSPS) is 14.5. The van der Waals surface area contributed by atoms with E-state index in [1.807, 2.05) is 48.7 Å². The molecular formula is C25H18N4O. The third-order valence-electron chi connectivity index (χ3n) is 5.67. The topological polar surface area (TPSA) is 92.1 Å². The molecule has 3 aromatic rings. The number of nitriles is 1. The van der Waals surface area contributed by atoms with Gasteiger partial charge in [0.25, 0.3) is 0 Å². The lowest BCUT2D eigenvalue weighted by Gasteiger charge is -2.17. The summed E-state index contributed by atoms with van der Waals surface area (Å²) < 4.78 is 0. The minimum Gasteiger partial charge on any atom is -0.325 e. The van der Waals surface area contributed by atoms with Crippen molar-refractivity contribution in [3.63, 3.8) is 0 Å². The van der Waals surface area contributed by atoms with Crippen molar-refractivity contribution in [3.8, 4) is 17.2 Å². The maximum absolute atomic E-state index is 12.2. The second-order valence-corrected chi connectivity index (χ2v) is 7.35. The number of nitrogens with zero attached hydrogens (tertiary/aromatic N) is 3. The van der Waals surface area contributed by atoms with E-state index in [0.29, 0.717) is 17.7 Å². The molecule has 5 nitrogen and oxygen atoms in total. The Kier molecular flexibility index (Phi) is 4.35. The van der Waals surface area contributed by atoms with E-state index in [9.17, 15) is 10.1 Å². The molecule has 0 atom stereocenters. The Labute approximate surface area is 174 Å². The number of hydrogen-bond acceptors (Lipinski definition) is 5. The van der Waals surface area contributed by atoms with Crippen LogP contribution in [0.15, 0.2) is 65.8 Å². The number of pyridine rings is 1. The van der Waals surface area contributed by atoms with Crippen LogP contribution in [0.25, 0.3) is 16.7 Å². The third-order valence-corrected chi connectivity index (χ3v) is 5.67. The van der Waals surface area contributed by atoms with E-state index in [0.717, 1.165) is 51.2 Å². The fourth-order valence-corrected chi connectivity index (χ4v) is 4.14. The molecule has 144 valence electrons. The zero-order valence-electron chi connectivity index (χ0n) is 16.2. The predicted molar refractivity (Wildman–Crippen MR) is 116 cm³/mol. The molecule has 1 aromatic heterocycles. The number of carbonyl (C=O) groups excluding carboxylic acids is 1. The number of allylic oxidation sites excluding steroid dienone is 1. The minimum atomic E-state index is 0.0131. The van der Waals surface area contributed by atoms with Gasteiger partial charge in [-0.25, -0.2) is 0 Å². The zero-order valence-corrected chi connectivity index (χ0v) is 16.2. The molecule has 1 aliphatic heterocycles. The maximum Gasteiger partial charge on any atom is 0.184 e. The Hall–Kier alpha value is -3.88. The van der Waals surface area contributed by atoms with Crippen molar-refractivity contribution in [1.29, 1.82) is 5.26 Å². The summed E-state index contributed by atoms with van der Waals surface area (Å²) in [6, 6.07) is 17.8. The van der Waals surface area contributed by atoms with Crippen molar-refractivity contribution >= 4 is 17.1 Å². The summed E-state index contributed by atoms with van der Waals surface area (Å²) >= 11 is 0. The number of nitrogens with two attached hydrogens (primary N) is 1. The first-order valence-electron chi connectivity index (χ1n) is 9.80. The molecule has 5 heteroatoms. The standard InChI is InChI=1S/C25H18N4O/c26-11-16-3-1-2-4-18(16)19-7-8-23-21(19)10-17(13-28-23)15-5-6-20-22(9-15)24(12-27)29-14-25(20)30/h1-7,9-10,13H,8,12,14,27H2. The van der Waals surface area contributed by atoms with Gasteiger partial charge in [-0.3, -0.25) is 14.8 Å². The lowest BCUT2D eigenvalue weighted by molar-refractivity contribution is 0.1000. The Balaban J connectivity index is 1.60. The number of fused-ring (bicyclic) bond motifs is 2. The largest absolute Gasteiger partial charge is 0.325 e. The van der Waals surface area contributed by atoms with Crippen LogP contribution in [-0.4, -0.2) is 29.6 Å². The quantitative estimate of drug-likeness (QED) is 0.740. The van der Waals surface area contributed by atoms with Crippen LogP contribution >= 0.6 is 0 Å². The SMILES string of the molecule is N#Cc1ccccc1C1=CCc2ncc(-c3ccc4c(c3)C(CN)=NCC4=O)cc21. The number of aromatic nitrogens is 1. The molecule has 1 aliphatic carbocycles. The molecule has 0 fully saturated rings. The van der Waals surface area contributed by atoms with E-state index in [1.54, 1.807) is 0 Å². The first-order chi connectivity index (χ1) is 14.7. The number of carbonyl (C=O) groups is 1. The lowest BCUT2D eigenvalue weighted by Crippen LogP contribution is -2.24. The molecule has 2 aliphatic rings. The zero-order chi connectivity index (χ0) is 20.7. The smallest absolute Gasteiger partial charge is 0.184 e. The highest BCUT2D eigenvalue weighted by Crippen LogP contribution is 2.36. The Morgan fingerprint density at radius 1 is 1.00 bits per heavy atom. The maximum atomic E-state index is 12.2. The first kappa shape index (κ1) is 18.2. The summed E-state index contributed by atoms with van der Waals surface area (Å²) in [5.41, 5.74) is 14.6. The molecule has 0 saturated carbocycles. The lowest BCUT2D eigenvalue weighted by atomic mass is 9.91. The molecular weight excluding hydrogens is 372 g/mol. The van der Waals surface area contributed by atoms with Gasteiger partial charge in [0, 0.05) is 41.4 Å². The van der Waals surface area contributed by atoms with Crippen LogP contribution in [0.5, 0.6) is 0 Å². The van der Waals surface area contributed by atoms with E-state index in [4.69, 9.17) is 5.73 Å². The van der Waals surface area contributed by atoms with Gasteiger partial charge in [0.2, 0.25) is 0 Å². The van der Waals surface area contributed by atoms with Gasteiger partial charge < -0.3 is 5.73 Å². The van der Waals surface area contributed by atoms with Crippen LogP contribution in [0.2, 0.25) is 0 Å². The molecule has 0 bridgehead atoms. The molecule has 0 spiro atoms. The van der Waals surface area contributed by atoms with Crippen LogP contribution < -0.4 is 5.73 Å². The van der Waals surface area contributed by atoms with Crippen LogP contribution in [0.3, 0.4) is 0 Å². The van der Waals surface area contributed by atoms with E-state index in [1.165, 1.54) is 0 Å². The Morgan fingerprint density at radius 3 is 2.67 bits per heavy atom. The molecule has 0 amide bonds. The highest BCUT2D eigenvalue weighted by molar-refractivity contribution is 6.16. The average Bonchev–Trinajstić information content (AvgIpc) is 3.22. The fraction of sp³-hybridized carbons (Fsp3) is 0.120. The highest BCUT2D eigenvalue weighted by atomic mass is 16.1. The molecule has 0 saturated heterocycles. The number of hydrogen-bond donors (Lipinski definition) is 1. The average molecular weight is 390 g/mol. The predicted octanol–water partition coefficient (Wildman–Crippen LogP) is 3.55. The van der Waals surface area contributed by atoms with Gasteiger partial charge >= 0.3 is 0 Å². The molecule has 2 N–H and O–H groups in total. The van der Waals surface area contributed by atoms with Gasteiger partial charge in [-0.1, -0.05) is 36.4 Å². The van der Waals surface area contributed by atoms with Crippen molar-refractivity contribution in [2.24, 2.45) is 10.7 Å². The van der Waals surface area contributed by atoms with Gasteiger partial charge in [-0.15, -0.1) is 0 Å². The number of ketones is 1. The van der Waals surface area contributed by atoms with Crippen LogP contribution in [0.4, 0.5) is 0 Å². The highest BCUT2D eigenvalue weighted by Gasteiger charge is 2.22. The third kappa shape index (κ3) is 2.86. The number of rotatable bonds is 3. The number of Topliss-reactive ketones (excluding diaryl/α,β-unsaturated/α-hetero) is 1. The van der Waals surface area contributed by atoms with Crippen molar-refractivity contribution < 1.29 is 4.79 Å². The van der Waals surface area contributed by atoms with Gasteiger partial charge in [-0.2, -0.15) is 5.26 Å². The van der Waals surface area contributed by atoms with E-state index >= 15 is 0 Å². The molecule has 2 aromatic carbocycles. The van der Waals surface area contributed by atoms with E-state index in [2.05, 4.69) is 28.2 Å².